The maximum Gasteiger partial charge on any atom is 0.113 e. The first-order chi connectivity index (χ1) is 4.34. The Bertz CT molecular complexity index is 205. The van der Waals surface area contributed by atoms with Gasteiger partial charge < -0.3 is 4.57 Å². The van der Waals surface area contributed by atoms with E-state index in [4.69, 9.17) is 0 Å². The molecule has 1 rings (SSSR count). The van der Waals surface area contributed by atoms with Gasteiger partial charge >= 0.3 is 0 Å². The van der Waals surface area contributed by atoms with Crippen LogP contribution in [0.1, 0.15) is 5.82 Å². The smallest absolute Gasteiger partial charge is 0.113 e. The van der Waals surface area contributed by atoms with Gasteiger partial charge in [-0.3, -0.25) is 0 Å². The van der Waals surface area contributed by atoms with Crippen molar-refractivity contribution in [3.63, 3.8) is 0 Å². The van der Waals surface area contributed by atoms with Gasteiger partial charge in [0.05, 0.1) is 0 Å². The minimum absolute atomic E-state index is 0.777. The first-order valence-electron chi connectivity index (χ1n) is 2.74. The minimum atomic E-state index is 0.777. The standard InChI is InChI=1S/C6H8N2S/c1-8-4-3-7-6(8)2-5-9/h3-5H,2H2,1H3. The van der Waals surface area contributed by atoms with Crippen LogP contribution in [-0.4, -0.2) is 14.9 Å². The van der Waals surface area contributed by atoms with Crippen LogP contribution in [0.3, 0.4) is 0 Å². The second kappa shape index (κ2) is 2.73. The maximum atomic E-state index is 4.68. The Labute approximate surface area is 59.5 Å². The van der Waals surface area contributed by atoms with Crippen LogP contribution in [0.25, 0.3) is 0 Å². The van der Waals surface area contributed by atoms with Crippen LogP contribution in [0.4, 0.5) is 0 Å². The lowest BCUT2D eigenvalue weighted by Gasteiger charge is -1.93. The summed E-state index contributed by atoms with van der Waals surface area (Å²) < 4.78 is 1.96. The zero-order valence-electron chi connectivity index (χ0n) is 5.24. The van der Waals surface area contributed by atoms with Gasteiger partial charge in [0.2, 0.25) is 0 Å². The normalized spacial score (nSPS) is 9.44. The molecule has 0 fully saturated rings. The molecule has 0 spiro atoms. The molecule has 3 heteroatoms. The molecular formula is C6H8N2S. The molecule has 0 atom stereocenters. The lowest BCUT2D eigenvalue weighted by atomic mass is 10.5. The van der Waals surface area contributed by atoms with Gasteiger partial charge in [-0.25, -0.2) is 4.98 Å². The van der Waals surface area contributed by atoms with Crippen molar-refractivity contribution in [3.8, 4) is 0 Å². The van der Waals surface area contributed by atoms with Crippen LogP contribution in [0, 0.1) is 0 Å². The lowest BCUT2D eigenvalue weighted by molar-refractivity contribution is 0.844. The average molecular weight is 140 g/mol. The highest BCUT2D eigenvalue weighted by Crippen LogP contribution is 1.92. The van der Waals surface area contributed by atoms with E-state index in [1.54, 1.807) is 11.6 Å². The topological polar surface area (TPSA) is 17.8 Å². The van der Waals surface area contributed by atoms with Crippen molar-refractivity contribution in [1.82, 2.24) is 9.55 Å². The highest BCUT2D eigenvalue weighted by Gasteiger charge is 1.92. The molecule has 0 N–H and O–H groups in total. The third-order valence-corrected chi connectivity index (χ3v) is 1.35. The average Bonchev–Trinajstić information content (AvgIpc) is 2.18. The fourth-order valence-electron chi connectivity index (χ4n) is 0.668. The van der Waals surface area contributed by atoms with Gasteiger partial charge in [-0.05, 0) is 5.37 Å². The van der Waals surface area contributed by atoms with Gasteiger partial charge in [-0.1, -0.05) is 12.2 Å². The Kier molecular flexibility index (Phi) is 1.95. The largest absolute Gasteiger partial charge is 0.338 e. The van der Waals surface area contributed by atoms with Gasteiger partial charge in [-0.2, -0.15) is 0 Å². The fraction of sp³-hybridized carbons (Fsp3) is 0.333. The summed E-state index contributed by atoms with van der Waals surface area (Å²) in [6.45, 7) is 0. The van der Waals surface area contributed by atoms with Crippen LogP contribution < -0.4 is 0 Å². The van der Waals surface area contributed by atoms with Gasteiger partial charge in [-0.15, -0.1) is 0 Å². The highest BCUT2D eigenvalue weighted by atomic mass is 32.1. The number of aromatic nitrogens is 2. The summed E-state index contributed by atoms with van der Waals surface area (Å²) in [5, 5.41) is 1.68. The van der Waals surface area contributed by atoms with E-state index in [1.165, 1.54) is 0 Å². The molecule has 0 radical (unpaired) electrons. The second-order valence-corrected chi connectivity index (χ2v) is 2.16. The number of nitrogens with zero attached hydrogens (tertiary/aromatic N) is 2. The molecule has 0 bridgehead atoms. The first kappa shape index (κ1) is 6.42. The maximum absolute atomic E-state index is 4.68. The van der Waals surface area contributed by atoms with Crippen molar-refractivity contribution in [2.24, 2.45) is 7.05 Å². The molecule has 0 aromatic carbocycles. The third-order valence-electron chi connectivity index (χ3n) is 1.19. The van der Waals surface area contributed by atoms with E-state index in [-0.39, 0.29) is 0 Å². The molecule has 48 valence electrons. The van der Waals surface area contributed by atoms with E-state index >= 15 is 0 Å². The Morgan fingerprint density at radius 3 is 3.11 bits per heavy atom. The molecule has 0 aliphatic rings. The summed E-state index contributed by atoms with van der Waals surface area (Å²) in [7, 11) is 1.96. The number of aryl methyl sites for hydroxylation is 1. The zero-order valence-corrected chi connectivity index (χ0v) is 6.06. The van der Waals surface area contributed by atoms with Gasteiger partial charge in [0.15, 0.2) is 0 Å². The Morgan fingerprint density at radius 1 is 1.89 bits per heavy atom. The monoisotopic (exact) mass is 140 g/mol. The minimum Gasteiger partial charge on any atom is -0.338 e. The summed E-state index contributed by atoms with van der Waals surface area (Å²) in [6.07, 6.45) is 4.46. The van der Waals surface area contributed by atoms with E-state index in [9.17, 15) is 0 Å². The molecule has 0 saturated carbocycles. The van der Waals surface area contributed by atoms with E-state index in [1.807, 2.05) is 17.8 Å². The molecule has 1 heterocycles. The van der Waals surface area contributed by atoms with Crippen LogP contribution in [0.15, 0.2) is 12.4 Å². The van der Waals surface area contributed by atoms with E-state index < -0.39 is 0 Å². The van der Waals surface area contributed by atoms with Crippen molar-refractivity contribution < 1.29 is 0 Å². The number of imidazole rings is 1. The zero-order chi connectivity index (χ0) is 6.69. The Hall–Kier alpha value is -0.700. The molecule has 2 nitrogen and oxygen atoms in total. The lowest BCUT2D eigenvalue weighted by Crippen LogP contribution is -1.96. The van der Waals surface area contributed by atoms with Crippen LogP contribution in [-0.2, 0) is 13.5 Å². The van der Waals surface area contributed by atoms with Crippen molar-refractivity contribution in [3.05, 3.63) is 18.2 Å². The predicted octanol–water partition coefficient (Wildman–Crippen LogP) is 0.962. The summed E-state index contributed by atoms with van der Waals surface area (Å²) in [5.74, 6) is 1.02. The van der Waals surface area contributed by atoms with Crippen LogP contribution in [0.2, 0.25) is 0 Å². The van der Waals surface area contributed by atoms with Crippen molar-refractivity contribution in [1.29, 1.82) is 0 Å². The van der Waals surface area contributed by atoms with Gasteiger partial charge in [0.1, 0.15) is 5.82 Å². The second-order valence-electron chi connectivity index (χ2n) is 1.83. The van der Waals surface area contributed by atoms with Crippen molar-refractivity contribution >= 4 is 17.6 Å². The molecule has 1 aromatic heterocycles. The molecule has 1 aromatic rings. The van der Waals surface area contributed by atoms with Crippen LogP contribution in [0.5, 0.6) is 0 Å². The fourth-order valence-corrected chi connectivity index (χ4v) is 0.817. The summed E-state index contributed by atoms with van der Waals surface area (Å²) in [6, 6.07) is 0. The van der Waals surface area contributed by atoms with Crippen LogP contribution >= 0.6 is 12.2 Å². The Morgan fingerprint density at radius 2 is 2.67 bits per heavy atom. The number of rotatable bonds is 2. The Balaban J connectivity index is 2.80. The molecule has 0 aliphatic carbocycles. The summed E-state index contributed by atoms with van der Waals surface area (Å²) in [5.41, 5.74) is 0. The number of hydrogen-bond donors (Lipinski definition) is 0. The van der Waals surface area contributed by atoms with Gasteiger partial charge in [0.25, 0.3) is 0 Å². The molecule has 0 amide bonds. The molecule has 0 unspecified atom stereocenters. The van der Waals surface area contributed by atoms with E-state index in [0.717, 1.165) is 12.2 Å². The quantitative estimate of drug-likeness (QED) is 0.569. The number of hydrogen-bond acceptors (Lipinski definition) is 2. The van der Waals surface area contributed by atoms with Crippen molar-refractivity contribution in [2.45, 2.75) is 6.42 Å². The van der Waals surface area contributed by atoms with Gasteiger partial charge in [0, 0.05) is 25.9 Å². The highest BCUT2D eigenvalue weighted by molar-refractivity contribution is 7.78. The predicted molar refractivity (Wildman–Crippen MR) is 40.6 cm³/mol. The first-order valence-corrected chi connectivity index (χ1v) is 3.21. The number of thiocarbonyl (C=S) groups is 1. The third kappa shape index (κ3) is 1.36. The molecule has 0 aliphatic heterocycles. The summed E-state index contributed by atoms with van der Waals surface area (Å²) in [4.78, 5) is 4.07. The van der Waals surface area contributed by atoms with E-state index in [0.29, 0.717) is 0 Å². The summed E-state index contributed by atoms with van der Waals surface area (Å²) >= 11 is 4.68. The molecule has 0 saturated heterocycles. The van der Waals surface area contributed by atoms with Crippen molar-refractivity contribution in [2.75, 3.05) is 0 Å². The van der Waals surface area contributed by atoms with E-state index in [2.05, 4.69) is 17.2 Å². The molecule has 9 heavy (non-hydrogen) atoms. The molecular weight excluding hydrogens is 132 g/mol. The SMILES string of the molecule is Cn1ccnc1CC=S.